The van der Waals surface area contributed by atoms with Crippen molar-refractivity contribution in [1.82, 2.24) is 24.6 Å². The van der Waals surface area contributed by atoms with E-state index in [0.29, 0.717) is 31.2 Å². The Labute approximate surface area is 154 Å². The van der Waals surface area contributed by atoms with Crippen LogP contribution in [0.15, 0.2) is 55.2 Å². The quantitative estimate of drug-likeness (QED) is 0.767. The molecule has 2 amide bonds. The number of nitrogens with one attached hydrogen (secondary N) is 1. The number of anilines is 1. The fraction of sp³-hybridized carbons (Fsp3) is 0.222. The first kappa shape index (κ1) is 17.1. The number of carbonyl (C=O) groups is 1. The third-order valence-corrected chi connectivity index (χ3v) is 4.25. The maximum absolute atomic E-state index is 13.1. The van der Waals surface area contributed by atoms with E-state index in [9.17, 15) is 9.18 Å². The van der Waals surface area contributed by atoms with E-state index >= 15 is 0 Å². The lowest BCUT2D eigenvalue weighted by molar-refractivity contribution is -0.0135. The Morgan fingerprint density at radius 1 is 1.22 bits per heavy atom. The molecule has 0 spiro atoms. The van der Waals surface area contributed by atoms with E-state index in [1.54, 1.807) is 41.7 Å². The fourth-order valence-corrected chi connectivity index (χ4v) is 2.84. The second-order valence-electron chi connectivity index (χ2n) is 6.03. The van der Waals surface area contributed by atoms with Crippen LogP contribution in [0, 0.1) is 5.82 Å². The van der Waals surface area contributed by atoms with Gasteiger partial charge in [-0.25, -0.2) is 23.8 Å². The summed E-state index contributed by atoms with van der Waals surface area (Å²) >= 11 is 0. The number of aromatic nitrogens is 4. The van der Waals surface area contributed by atoms with Crippen LogP contribution in [0.5, 0.6) is 0 Å². The van der Waals surface area contributed by atoms with Gasteiger partial charge in [-0.3, -0.25) is 0 Å². The highest BCUT2D eigenvalue weighted by Gasteiger charge is 2.25. The van der Waals surface area contributed by atoms with Gasteiger partial charge in [0, 0.05) is 6.54 Å². The lowest BCUT2D eigenvalue weighted by Crippen LogP contribution is -2.44. The van der Waals surface area contributed by atoms with Crippen LogP contribution < -0.4 is 5.32 Å². The Kier molecular flexibility index (Phi) is 4.75. The van der Waals surface area contributed by atoms with Gasteiger partial charge in [0.1, 0.15) is 24.6 Å². The number of pyridine rings is 1. The first-order chi connectivity index (χ1) is 13.2. The topological polar surface area (TPSA) is 85.2 Å². The minimum atomic E-state index is -0.300. The minimum Gasteiger partial charge on any atom is -0.370 e. The lowest BCUT2D eigenvalue weighted by atomic mass is 10.1. The zero-order valence-corrected chi connectivity index (χ0v) is 14.3. The van der Waals surface area contributed by atoms with Crippen LogP contribution in [0.25, 0.3) is 5.82 Å². The third-order valence-electron chi connectivity index (χ3n) is 4.25. The van der Waals surface area contributed by atoms with Crippen molar-refractivity contribution in [2.24, 2.45) is 0 Å². The van der Waals surface area contributed by atoms with Crippen molar-refractivity contribution in [3.05, 3.63) is 66.6 Å². The van der Waals surface area contributed by atoms with Crippen molar-refractivity contribution in [2.45, 2.75) is 6.10 Å². The number of urea groups is 1. The van der Waals surface area contributed by atoms with Crippen molar-refractivity contribution >= 4 is 11.7 Å². The summed E-state index contributed by atoms with van der Waals surface area (Å²) in [6.45, 7) is 1.29. The molecule has 1 aliphatic heterocycles. The number of hydrogen-bond acceptors (Lipinski definition) is 5. The van der Waals surface area contributed by atoms with Gasteiger partial charge < -0.3 is 15.0 Å². The zero-order valence-electron chi connectivity index (χ0n) is 14.3. The molecule has 0 saturated carbocycles. The summed E-state index contributed by atoms with van der Waals surface area (Å²) in [5.74, 6) is 0.305. The summed E-state index contributed by atoms with van der Waals surface area (Å²) in [6, 6.07) is 9.38. The highest BCUT2D eigenvalue weighted by atomic mass is 19.1. The van der Waals surface area contributed by atoms with E-state index in [1.165, 1.54) is 23.1 Å². The highest BCUT2D eigenvalue weighted by molar-refractivity contribution is 5.89. The monoisotopic (exact) mass is 368 g/mol. The molecule has 2 aromatic heterocycles. The molecule has 0 bridgehead atoms. The van der Waals surface area contributed by atoms with E-state index in [2.05, 4.69) is 20.4 Å². The van der Waals surface area contributed by atoms with Gasteiger partial charge in [-0.15, -0.1) is 0 Å². The van der Waals surface area contributed by atoms with Crippen LogP contribution in [0.1, 0.15) is 11.7 Å². The molecule has 1 N–H and O–H groups in total. The molecule has 3 aromatic rings. The number of morpholine rings is 1. The van der Waals surface area contributed by atoms with Gasteiger partial charge in [0.25, 0.3) is 0 Å². The molecule has 1 saturated heterocycles. The third kappa shape index (κ3) is 3.93. The molecule has 8 nitrogen and oxygen atoms in total. The van der Waals surface area contributed by atoms with Crippen molar-refractivity contribution in [3.63, 3.8) is 0 Å². The molecule has 4 rings (SSSR count). The largest absolute Gasteiger partial charge is 0.370 e. The number of benzene rings is 1. The first-order valence-electron chi connectivity index (χ1n) is 8.43. The number of hydrogen-bond donors (Lipinski definition) is 1. The molecular formula is C18H17FN6O2. The summed E-state index contributed by atoms with van der Waals surface area (Å²) in [5.41, 5.74) is 1.42. The van der Waals surface area contributed by atoms with Crippen molar-refractivity contribution in [2.75, 3.05) is 25.0 Å². The summed E-state index contributed by atoms with van der Waals surface area (Å²) in [4.78, 5) is 22.4. The molecule has 1 aromatic carbocycles. The number of halogens is 1. The molecule has 9 heteroatoms. The van der Waals surface area contributed by atoms with Gasteiger partial charge in [0.15, 0.2) is 5.82 Å². The van der Waals surface area contributed by atoms with Crippen LogP contribution >= 0.6 is 0 Å². The average Bonchev–Trinajstić information content (AvgIpc) is 3.24. The SMILES string of the molecule is O=C(Nc1ccc(-n2cncn2)nc1)N1CCO[C@@H](c2ccc(F)cc2)C1. The molecule has 0 unspecified atom stereocenters. The maximum atomic E-state index is 13.1. The highest BCUT2D eigenvalue weighted by Crippen LogP contribution is 2.23. The molecule has 1 fully saturated rings. The van der Waals surface area contributed by atoms with Gasteiger partial charge >= 0.3 is 6.03 Å². The van der Waals surface area contributed by atoms with Crippen LogP contribution in [0.3, 0.4) is 0 Å². The van der Waals surface area contributed by atoms with Crippen LogP contribution in [-0.4, -0.2) is 50.4 Å². The number of rotatable bonds is 3. The zero-order chi connectivity index (χ0) is 18.6. The van der Waals surface area contributed by atoms with Gasteiger partial charge in [-0.1, -0.05) is 12.1 Å². The Morgan fingerprint density at radius 2 is 2.07 bits per heavy atom. The fourth-order valence-electron chi connectivity index (χ4n) is 2.84. The van der Waals surface area contributed by atoms with Crippen LogP contribution in [-0.2, 0) is 4.74 Å². The Morgan fingerprint density at radius 3 is 2.78 bits per heavy atom. The normalized spacial score (nSPS) is 16.9. The number of carbonyl (C=O) groups excluding carboxylic acids is 1. The van der Waals surface area contributed by atoms with Gasteiger partial charge in [-0.05, 0) is 29.8 Å². The van der Waals surface area contributed by atoms with E-state index < -0.39 is 0 Å². The second-order valence-corrected chi connectivity index (χ2v) is 6.03. The standard InChI is InChI=1S/C18H17FN6O2/c19-14-3-1-13(2-4-14)16-10-24(7-8-27-16)18(26)23-15-5-6-17(21-9-15)25-12-20-11-22-25/h1-6,9,11-12,16H,7-8,10H2,(H,23,26)/t16-/m1/s1. The van der Waals surface area contributed by atoms with Crippen molar-refractivity contribution in [3.8, 4) is 5.82 Å². The Hall–Kier alpha value is -3.33. The Bertz CT molecular complexity index is 899. The van der Waals surface area contributed by atoms with Crippen molar-refractivity contribution < 1.29 is 13.9 Å². The molecule has 138 valence electrons. The van der Waals surface area contributed by atoms with Gasteiger partial charge in [-0.2, -0.15) is 5.10 Å². The van der Waals surface area contributed by atoms with E-state index in [-0.39, 0.29) is 18.0 Å². The maximum Gasteiger partial charge on any atom is 0.322 e. The minimum absolute atomic E-state index is 0.235. The second kappa shape index (κ2) is 7.50. The molecular weight excluding hydrogens is 351 g/mol. The van der Waals surface area contributed by atoms with E-state index in [0.717, 1.165) is 5.56 Å². The molecule has 0 aliphatic carbocycles. The molecule has 27 heavy (non-hydrogen) atoms. The van der Waals surface area contributed by atoms with E-state index in [1.807, 2.05) is 0 Å². The molecule has 3 heterocycles. The van der Waals surface area contributed by atoms with E-state index in [4.69, 9.17) is 4.74 Å². The summed E-state index contributed by atoms with van der Waals surface area (Å²) in [5, 5.41) is 6.83. The first-order valence-corrected chi connectivity index (χ1v) is 8.43. The Balaban J connectivity index is 1.39. The average molecular weight is 368 g/mol. The lowest BCUT2D eigenvalue weighted by Gasteiger charge is -2.33. The van der Waals surface area contributed by atoms with Gasteiger partial charge in [0.05, 0.1) is 25.0 Å². The summed E-state index contributed by atoms with van der Waals surface area (Å²) in [6.07, 6.45) is 4.25. The van der Waals surface area contributed by atoms with Crippen molar-refractivity contribution in [1.29, 1.82) is 0 Å². The number of amides is 2. The molecule has 1 aliphatic rings. The van der Waals surface area contributed by atoms with Gasteiger partial charge in [0.2, 0.25) is 0 Å². The number of ether oxygens (including phenoxy) is 1. The predicted molar refractivity (Wildman–Crippen MR) is 94.8 cm³/mol. The smallest absolute Gasteiger partial charge is 0.322 e. The predicted octanol–water partition coefficient (Wildman–Crippen LogP) is 2.41. The number of nitrogens with zero attached hydrogens (tertiary/aromatic N) is 5. The molecule has 1 atom stereocenters. The van der Waals surface area contributed by atoms with Crippen LogP contribution in [0.4, 0.5) is 14.9 Å². The summed E-state index contributed by atoms with van der Waals surface area (Å²) < 4.78 is 20.3. The molecule has 0 radical (unpaired) electrons. The summed E-state index contributed by atoms with van der Waals surface area (Å²) in [7, 11) is 0. The van der Waals surface area contributed by atoms with Crippen LogP contribution in [0.2, 0.25) is 0 Å².